The molecule has 2 nitrogen and oxygen atoms in total. The van der Waals surface area contributed by atoms with Gasteiger partial charge in [0.15, 0.2) is 5.13 Å². The smallest absolute Gasteiger partial charge is 0.228 e. The fourth-order valence-electron chi connectivity index (χ4n) is 1.51. The van der Waals surface area contributed by atoms with Gasteiger partial charge in [-0.15, -0.1) is 24.5 Å². The maximum atomic E-state index is 13.1. The predicted octanol–water partition coefficient (Wildman–Crippen LogP) is 4.36. The Morgan fingerprint density at radius 2 is 1.89 bits per heavy atom. The Balaban J connectivity index is 2.44. The summed E-state index contributed by atoms with van der Waals surface area (Å²) in [5.41, 5.74) is 0.0713. The van der Waals surface area contributed by atoms with Gasteiger partial charge in [-0.2, -0.15) is 0 Å². The number of benzene rings is 1. The van der Waals surface area contributed by atoms with E-state index in [4.69, 9.17) is 0 Å². The van der Waals surface area contributed by atoms with Crippen LogP contribution in [0.15, 0.2) is 36.5 Å². The molecule has 0 saturated carbocycles. The van der Waals surface area contributed by atoms with E-state index >= 15 is 0 Å². The molecule has 96 valence electrons. The van der Waals surface area contributed by atoms with Crippen LogP contribution in [0, 0.1) is 0 Å². The number of nitrogens with zero attached hydrogens (tertiary/aromatic N) is 2. The number of anilines is 2. The number of para-hydroxylation sites is 1. The van der Waals surface area contributed by atoms with Gasteiger partial charge in [-0.25, -0.2) is 9.88 Å². The molecule has 0 aliphatic heterocycles. The molecule has 0 N–H and O–H groups in total. The van der Waals surface area contributed by atoms with E-state index in [1.165, 1.54) is 18.3 Å². The first kappa shape index (κ1) is 12.9. The van der Waals surface area contributed by atoms with Gasteiger partial charge in [0, 0.05) is 11.1 Å². The van der Waals surface area contributed by atoms with Crippen molar-refractivity contribution in [3.05, 3.63) is 41.4 Å². The second-order valence-electron chi connectivity index (χ2n) is 3.60. The molecule has 0 saturated heterocycles. The Labute approximate surface area is 107 Å². The Hall–Kier alpha value is -1.56. The van der Waals surface area contributed by atoms with Crippen LogP contribution in [-0.4, -0.2) is 11.3 Å². The van der Waals surface area contributed by atoms with Crippen LogP contribution in [-0.2, 0) is 6.42 Å². The molecule has 0 atom stereocenters. The molecule has 0 aliphatic carbocycles. The largest absolute Gasteiger partial charge is 0.491 e. The first-order chi connectivity index (χ1) is 8.52. The van der Waals surface area contributed by atoms with Gasteiger partial charge in [-0.3, -0.25) is 0 Å². The van der Waals surface area contributed by atoms with Crippen molar-refractivity contribution in [2.24, 2.45) is 0 Å². The molecule has 2 aromatic rings. The van der Waals surface area contributed by atoms with Crippen molar-refractivity contribution < 1.29 is 13.2 Å². The minimum absolute atomic E-state index is 0.0504. The third-order valence-electron chi connectivity index (χ3n) is 2.35. The molecule has 0 radical (unpaired) electrons. The maximum absolute atomic E-state index is 13.1. The van der Waals surface area contributed by atoms with E-state index in [1.807, 2.05) is 6.92 Å². The zero-order valence-electron chi connectivity index (χ0n) is 9.61. The minimum Gasteiger partial charge on any atom is -0.228 e. The summed E-state index contributed by atoms with van der Waals surface area (Å²) in [5, 5.41) is -0.0504. The van der Waals surface area contributed by atoms with Gasteiger partial charge in [-0.1, -0.05) is 25.1 Å². The van der Waals surface area contributed by atoms with E-state index in [1.54, 1.807) is 18.2 Å². The molecule has 1 heterocycles. The number of hydrogen-bond acceptors (Lipinski definition) is 3. The summed E-state index contributed by atoms with van der Waals surface area (Å²) in [6, 6.07) is 7.66. The van der Waals surface area contributed by atoms with E-state index in [-0.39, 0.29) is 10.8 Å². The van der Waals surface area contributed by atoms with E-state index in [9.17, 15) is 13.2 Å². The SMILES string of the molecule is CCc1cnc(N(c2ccccc2)C(F)(F)F)s1. The van der Waals surface area contributed by atoms with Crippen LogP contribution >= 0.6 is 11.3 Å². The first-order valence-electron chi connectivity index (χ1n) is 5.39. The zero-order valence-corrected chi connectivity index (χ0v) is 10.4. The molecular formula is C12H11F3N2S. The molecule has 0 spiro atoms. The van der Waals surface area contributed by atoms with Gasteiger partial charge < -0.3 is 0 Å². The van der Waals surface area contributed by atoms with Gasteiger partial charge in [-0.05, 0) is 18.6 Å². The van der Waals surface area contributed by atoms with Crippen LogP contribution in [0.1, 0.15) is 11.8 Å². The molecule has 1 aromatic heterocycles. The summed E-state index contributed by atoms with van der Waals surface area (Å²) in [4.78, 5) is 4.99. The van der Waals surface area contributed by atoms with E-state index in [0.717, 1.165) is 16.2 Å². The predicted molar refractivity (Wildman–Crippen MR) is 66.1 cm³/mol. The summed E-state index contributed by atoms with van der Waals surface area (Å²) in [6.45, 7) is 1.89. The van der Waals surface area contributed by atoms with Crippen LogP contribution in [0.2, 0.25) is 0 Å². The number of aryl methyl sites for hydroxylation is 1. The van der Waals surface area contributed by atoms with Crippen molar-refractivity contribution in [2.75, 3.05) is 4.90 Å². The number of alkyl halides is 3. The van der Waals surface area contributed by atoms with Crippen molar-refractivity contribution in [3.8, 4) is 0 Å². The normalized spacial score (nSPS) is 11.6. The van der Waals surface area contributed by atoms with Gasteiger partial charge >= 0.3 is 6.30 Å². The standard InChI is InChI=1S/C12H11F3N2S/c1-2-10-8-16-11(18-10)17(12(13,14)15)9-6-4-3-5-7-9/h3-8H,2H2,1H3. The van der Waals surface area contributed by atoms with Crippen molar-refractivity contribution in [1.82, 2.24) is 4.98 Å². The minimum atomic E-state index is -4.48. The Morgan fingerprint density at radius 1 is 1.22 bits per heavy atom. The number of rotatable bonds is 3. The lowest BCUT2D eigenvalue weighted by Crippen LogP contribution is -2.33. The number of halogens is 3. The molecule has 0 amide bonds. The van der Waals surface area contributed by atoms with E-state index < -0.39 is 6.30 Å². The summed E-state index contributed by atoms with van der Waals surface area (Å²) < 4.78 is 39.3. The third-order valence-corrected chi connectivity index (χ3v) is 3.48. The average Bonchev–Trinajstić information content (AvgIpc) is 2.77. The average molecular weight is 272 g/mol. The van der Waals surface area contributed by atoms with Gasteiger partial charge in [0.25, 0.3) is 0 Å². The third kappa shape index (κ3) is 2.64. The molecule has 2 rings (SSSR count). The molecule has 0 unspecified atom stereocenters. The highest BCUT2D eigenvalue weighted by molar-refractivity contribution is 7.15. The number of aromatic nitrogens is 1. The Bertz CT molecular complexity index is 508. The highest BCUT2D eigenvalue weighted by Gasteiger charge is 2.40. The molecule has 6 heteroatoms. The molecule has 0 bridgehead atoms. The maximum Gasteiger partial charge on any atom is 0.491 e. The molecule has 0 fully saturated rings. The van der Waals surface area contributed by atoms with Crippen LogP contribution < -0.4 is 4.90 Å². The number of hydrogen-bond donors (Lipinski definition) is 0. The van der Waals surface area contributed by atoms with Crippen molar-refractivity contribution >= 4 is 22.2 Å². The van der Waals surface area contributed by atoms with Crippen LogP contribution in [0.25, 0.3) is 0 Å². The Kier molecular flexibility index (Phi) is 3.56. The molecule has 18 heavy (non-hydrogen) atoms. The van der Waals surface area contributed by atoms with Gasteiger partial charge in [0.05, 0.1) is 5.69 Å². The summed E-state index contributed by atoms with van der Waals surface area (Å²) >= 11 is 1.06. The van der Waals surface area contributed by atoms with E-state index in [2.05, 4.69) is 4.98 Å². The fraction of sp³-hybridized carbons (Fsp3) is 0.250. The summed E-state index contributed by atoms with van der Waals surface area (Å²) in [6.07, 6.45) is -2.32. The van der Waals surface area contributed by atoms with Gasteiger partial charge in [0.1, 0.15) is 0 Å². The first-order valence-corrected chi connectivity index (χ1v) is 6.20. The second kappa shape index (κ2) is 4.97. The highest BCUT2D eigenvalue weighted by Crippen LogP contribution is 2.38. The van der Waals surface area contributed by atoms with Crippen molar-refractivity contribution in [1.29, 1.82) is 0 Å². The molecule has 1 aromatic carbocycles. The van der Waals surface area contributed by atoms with Crippen LogP contribution in [0.5, 0.6) is 0 Å². The summed E-state index contributed by atoms with van der Waals surface area (Å²) in [5.74, 6) is 0. The fourth-order valence-corrected chi connectivity index (χ4v) is 2.40. The lowest BCUT2D eigenvalue weighted by Gasteiger charge is -2.24. The van der Waals surface area contributed by atoms with E-state index in [0.29, 0.717) is 11.3 Å². The summed E-state index contributed by atoms with van der Waals surface area (Å²) in [7, 11) is 0. The Morgan fingerprint density at radius 3 is 2.39 bits per heavy atom. The monoisotopic (exact) mass is 272 g/mol. The molecule has 0 aliphatic rings. The van der Waals surface area contributed by atoms with Crippen molar-refractivity contribution in [2.45, 2.75) is 19.6 Å². The van der Waals surface area contributed by atoms with Gasteiger partial charge in [0.2, 0.25) is 0 Å². The van der Waals surface area contributed by atoms with Crippen LogP contribution in [0.3, 0.4) is 0 Å². The molecular weight excluding hydrogens is 261 g/mol. The number of thiazole rings is 1. The lowest BCUT2D eigenvalue weighted by atomic mass is 10.3. The topological polar surface area (TPSA) is 16.1 Å². The highest BCUT2D eigenvalue weighted by atomic mass is 32.1. The van der Waals surface area contributed by atoms with Crippen LogP contribution in [0.4, 0.5) is 24.0 Å². The zero-order chi connectivity index (χ0) is 13.2. The second-order valence-corrected chi connectivity index (χ2v) is 4.70. The van der Waals surface area contributed by atoms with Crippen molar-refractivity contribution in [3.63, 3.8) is 0 Å². The quantitative estimate of drug-likeness (QED) is 0.772. The lowest BCUT2D eigenvalue weighted by molar-refractivity contribution is -0.120.